The molecule has 2 aliphatic heterocycles. The number of fused-ring (bicyclic) bond motifs is 2. The number of imidazole rings is 1. The number of rotatable bonds is 5. The number of hydrogen-bond donors (Lipinski definition) is 1. The summed E-state index contributed by atoms with van der Waals surface area (Å²) in [5, 5.41) is 0. The first-order chi connectivity index (χ1) is 14.4. The molecule has 2 aromatic heterocycles. The van der Waals surface area contributed by atoms with Gasteiger partial charge in [-0.2, -0.15) is 9.97 Å². The summed E-state index contributed by atoms with van der Waals surface area (Å²) in [6.45, 7) is 1.29. The van der Waals surface area contributed by atoms with Gasteiger partial charge in [0.25, 0.3) is 0 Å². The van der Waals surface area contributed by atoms with Crippen LogP contribution in [-0.2, 0) is 14.2 Å². The first kappa shape index (κ1) is 19.8. The minimum atomic E-state index is -1.76. The molecular weight excluding hydrogens is 400 g/mol. The number of nitrogen functional groups attached to an aromatic ring is 1. The molecule has 164 valence electrons. The van der Waals surface area contributed by atoms with Crippen LogP contribution in [-0.4, -0.2) is 62.6 Å². The Labute approximate surface area is 171 Å². The highest BCUT2D eigenvalue weighted by molar-refractivity contribution is 5.82. The zero-order chi connectivity index (χ0) is 21.1. The van der Waals surface area contributed by atoms with Crippen LogP contribution in [0.25, 0.3) is 11.2 Å². The van der Waals surface area contributed by atoms with Gasteiger partial charge in [0.15, 0.2) is 34.6 Å². The average molecular weight is 425 g/mol. The lowest BCUT2D eigenvalue weighted by Gasteiger charge is -2.30. The maximum absolute atomic E-state index is 13.9. The van der Waals surface area contributed by atoms with E-state index < -0.39 is 43.2 Å². The van der Waals surface area contributed by atoms with Crippen molar-refractivity contribution in [2.45, 2.75) is 75.5 Å². The molecule has 1 aliphatic carbocycles. The fourth-order valence-corrected chi connectivity index (χ4v) is 4.56. The lowest BCUT2D eigenvalue weighted by molar-refractivity contribution is -0.225. The first-order valence-electron chi connectivity index (χ1n) is 10.2. The highest BCUT2D eigenvalue weighted by atomic mass is 19.1. The van der Waals surface area contributed by atoms with E-state index in [0.717, 1.165) is 25.7 Å². The Balaban J connectivity index is 1.54. The second kappa shape index (κ2) is 6.96. The summed E-state index contributed by atoms with van der Waals surface area (Å²) in [4.78, 5) is 13.0. The molecule has 2 saturated heterocycles. The number of hydrogen-bond acceptors (Lipinski definition) is 8. The zero-order valence-corrected chi connectivity index (χ0v) is 16.9. The van der Waals surface area contributed by atoms with Gasteiger partial charge in [0, 0.05) is 0 Å². The number of alkyl halides is 2. The van der Waals surface area contributed by atoms with Crippen LogP contribution >= 0.6 is 0 Å². The summed E-state index contributed by atoms with van der Waals surface area (Å²) in [6.07, 6.45) is 3.00. The predicted octanol–water partition coefficient (Wildman–Crippen LogP) is 2.46. The van der Waals surface area contributed by atoms with Crippen LogP contribution < -0.4 is 10.5 Å². The van der Waals surface area contributed by atoms with E-state index in [-0.39, 0.29) is 17.9 Å². The molecule has 0 spiro atoms. The standard InChI is InChI=1S/C19H25F2N5O4/c1-18(2)28-12-13(29-18)19(7-20,8-21)30-16(12)26-9-23-11-14(22)24-17(25-15(11)26)27-10-5-3-4-6-10/h9-10,12-13,16H,3-8H2,1-2H3,(H2,22,24,25)/t12-,13+,16?/m1/s1. The van der Waals surface area contributed by atoms with Crippen LogP contribution in [0.3, 0.4) is 0 Å². The minimum Gasteiger partial charge on any atom is -0.460 e. The third-order valence-electron chi connectivity index (χ3n) is 6.01. The van der Waals surface area contributed by atoms with Gasteiger partial charge in [-0.25, -0.2) is 13.8 Å². The molecule has 1 unspecified atom stereocenters. The number of halogens is 2. The molecule has 2 N–H and O–H groups in total. The van der Waals surface area contributed by atoms with Crippen molar-refractivity contribution in [2.24, 2.45) is 0 Å². The molecular formula is C19H25F2N5O4. The Morgan fingerprint density at radius 3 is 2.60 bits per heavy atom. The normalized spacial score (nSPS) is 30.2. The highest BCUT2D eigenvalue weighted by Gasteiger charge is 2.64. The van der Waals surface area contributed by atoms with E-state index in [4.69, 9.17) is 24.7 Å². The van der Waals surface area contributed by atoms with Crippen molar-refractivity contribution in [2.75, 3.05) is 19.1 Å². The Morgan fingerprint density at radius 2 is 1.90 bits per heavy atom. The molecule has 11 heteroatoms. The number of nitrogens with zero attached hydrogens (tertiary/aromatic N) is 4. The van der Waals surface area contributed by atoms with Crippen molar-refractivity contribution >= 4 is 17.0 Å². The summed E-state index contributed by atoms with van der Waals surface area (Å²) in [5.74, 6) is -0.846. The molecule has 3 atom stereocenters. The van der Waals surface area contributed by atoms with Crippen molar-refractivity contribution in [1.82, 2.24) is 19.5 Å². The first-order valence-corrected chi connectivity index (χ1v) is 10.2. The summed E-state index contributed by atoms with van der Waals surface area (Å²) in [6, 6.07) is 0.148. The van der Waals surface area contributed by atoms with Gasteiger partial charge in [0.1, 0.15) is 31.7 Å². The van der Waals surface area contributed by atoms with Gasteiger partial charge in [-0.15, -0.1) is 0 Å². The highest BCUT2D eigenvalue weighted by Crippen LogP contribution is 2.49. The second-order valence-corrected chi connectivity index (χ2v) is 8.60. The second-order valence-electron chi connectivity index (χ2n) is 8.60. The fourth-order valence-electron chi connectivity index (χ4n) is 4.56. The van der Waals surface area contributed by atoms with Crippen molar-refractivity contribution in [3.05, 3.63) is 6.33 Å². The predicted molar refractivity (Wildman–Crippen MR) is 101 cm³/mol. The van der Waals surface area contributed by atoms with Gasteiger partial charge in [-0.1, -0.05) is 0 Å². The number of nitrogens with two attached hydrogens (primary N) is 1. The molecule has 9 nitrogen and oxygen atoms in total. The van der Waals surface area contributed by atoms with E-state index in [1.807, 2.05) is 0 Å². The molecule has 5 rings (SSSR count). The van der Waals surface area contributed by atoms with Gasteiger partial charge in [0.05, 0.1) is 6.33 Å². The molecule has 0 bridgehead atoms. The minimum absolute atomic E-state index is 0.0448. The van der Waals surface area contributed by atoms with E-state index >= 15 is 0 Å². The summed E-state index contributed by atoms with van der Waals surface area (Å²) < 4.78 is 52.9. The quantitative estimate of drug-likeness (QED) is 0.779. The molecule has 0 aromatic carbocycles. The maximum atomic E-state index is 13.9. The van der Waals surface area contributed by atoms with Crippen LogP contribution in [0, 0.1) is 0 Å². The average Bonchev–Trinajstić information content (AvgIpc) is 3.46. The van der Waals surface area contributed by atoms with E-state index in [9.17, 15) is 8.78 Å². The smallest absolute Gasteiger partial charge is 0.320 e. The van der Waals surface area contributed by atoms with Crippen LogP contribution in [0.5, 0.6) is 6.01 Å². The lowest BCUT2D eigenvalue weighted by atomic mass is 9.98. The van der Waals surface area contributed by atoms with E-state index in [1.54, 1.807) is 18.4 Å². The van der Waals surface area contributed by atoms with Crippen LogP contribution in [0.4, 0.5) is 14.6 Å². The molecule has 4 heterocycles. The Kier molecular flexibility index (Phi) is 4.60. The topological polar surface area (TPSA) is 107 Å². The molecule has 2 aromatic rings. The van der Waals surface area contributed by atoms with Gasteiger partial charge in [-0.3, -0.25) is 4.57 Å². The third-order valence-corrected chi connectivity index (χ3v) is 6.01. The summed E-state index contributed by atoms with van der Waals surface area (Å²) in [5.41, 5.74) is 5.01. The summed E-state index contributed by atoms with van der Waals surface area (Å²) in [7, 11) is 0. The van der Waals surface area contributed by atoms with Gasteiger partial charge in [0.2, 0.25) is 0 Å². The molecule has 0 radical (unpaired) electrons. The van der Waals surface area contributed by atoms with E-state index in [0.29, 0.717) is 11.2 Å². The molecule has 30 heavy (non-hydrogen) atoms. The lowest BCUT2D eigenvalue weighted by Crippen LogP contribution is -2.47. The van der Waals surface area contributed by atoms with Gasteiger partial charge >= 0.3 is 6.01 Å². The van der Waals surface area contributed by atoms with Crippen LogP contribution in [0.2, 0.25) is 0 Å². The fraction of sp³-hybridized carbons (Fsp3) is 0.737. The van der Waals surface area contributed by atoms with Crippen molar-refractivity contribution in [3.8, 4) is 6.01 Å². The van der Waals surface area contributed by atoms with E-state index in [1.165, 1.54) is 6.33 Å². The SMILES string of the molecule is CC1(C)O[C@H]2C(n3cnc4c(N)nc(OC5CCCC5)nc43)OC(CF)(CF)[C@H]2O1. The third kappa shape index (κ3) is 3.02. The van der Waals surface area contributed by atoms with Crippen LogP contribution in [0.15, 0.2) is 6.33 Å². The molecule has 1 saturated carbocycles. The maximum Gasteiger partial charge on any atom is 0.320 e. The molecule has 3 aliphatic rings. The molecule has 3 fully saturated rings. The van der Waals surface area contributed by atoms with Gasteiger partial charge < -0.3 is 24.7 Å². The van der Waals surface area contributed by atoms with Gasteiger partial charge in [-0.05, 0) is 39.5 Å². The Morgan fingerprint density at radius 1 is 1.17 bits per heavy atom. The Bertz CT molecular complexity index is 944. The summed E-state index contributed by atoms with van der Waals surface area (Å²) >= 11 is 0. The monoisotopic (exact) mass is 425 g/mol. The van der Waals surface area contributed by atoms with Crippen molar-refractivity contribution in [3.63, 3.8) is 0 Å². The number of anilines is 1. The van der Waals surface area contributed by atoms with Crippen LogP contribution in [0.1, 0.15) is 45.8 Å². The van der Waals surface area contributed by atoms with Crippen molar-refractivity contribution < 1.29 is 27.7 Å². The zero-order valence-electron chi connectivity index (χ0n) is 16.9. The largest absolute Gasteiger partial charge is 0.460 e. The van der Waals surface area contributed by atoms with Crippen molar-refractivity contribution in [1.29, 1.82) is 0 Å². The molecule has 0 amide bonds. The van der Waals surface area contributed by atoms with E-state index in [2.05, 4.69) is 15.0 Å². The Hall–Kier alpha value is -2.11. The number of ether oxygens (including phenoxy) is 4. The number of aromatic nitrogens is 4.